The Labute approximate surface area is 110 Å². The highest BCUT2D eigenvalue weighted by Gasteiger charge is 2.05. The van der Waals surface area contributed by atoms with Crippen LogP contribution in [0.3, 0.4) is 0 Å². The molecule has 0 fully saturated rings. The second kappa shape index (κ2) is 5.48. The summed E-state index contributed by atoms with van der Waals surface area (Å²) in [5.41, 5.74) is 1.35. The number of benzene rings is 1. The van der Waals surface area contributed by atoms with Gasteiger partial charge >= 0.3 is 0 Å². The van der Waals surface area contributed by atoms with E-state index in [2.05, 4.69) is 11.4 Å². The second-order valence-corrected chi connectivity index (χ2v) is 3.96. The maximum absolute atomic E-state index is 8.80. The molecular formula is C13H11ClN2O2. The molecule has 2 rings (SSSR count). The van der Waals surface area contributed by atoms with Gasteiger partial charge < -0.3 is 14.5 Å². The number of halogens is 1. The van der Waals surface area contributed by atoms with Crippen molar-refractivity contribution in [2.45, 2.75) is 6.54 Å². The van der Waals surface area contributed by atoms with Crippen LogP contribution in [0.1, 0.15) is 11.3 Å². The van der Waals surface area contributed by atoms with Crippen LogP contribution in [0.5, 0.6) is 5.75 Å². The maximum Gasteiger partial charge on any atom is 0.193 e. The largest absolute Gasteiger partial charge is 0.495 e. The summed E-state index contributed by atoms with van der Waals surface area (Å²) >= 11 is 5.69. The summed E-state index contributed by atoms with van der Waals surface area (Å²) in [7, 11) is 1.56. The van der Waals surface area contributed by atoms with Crippen molar-refractivity contribution < 1.29 is 9.15 Å². The number of furan rings is 1. The van der Waals surface area contributed by atoms with Crippen molar-refractivity contribution in [3.63, 3.8) is 0 Å². The Kier molecular flexibility index (Phi) is 3.75. The van der Waals surface area contributed by atoms with E-state index in [4.69, 9.17) is 26.0 Å². The number of nitriles is 1. The first kappa shape index (κ1) is 12.3. The van der Waals surface area contributed by atoms with Gasteiger partial charge in [-0.2, -0.15) is 5.26 Å². The van der Waals surface area contributed by atoms with Gasteiger partial charge in [0.1, 0.15) is 11.5 Å². The molecule has 0 unspecified atom stereocenters. The first-order valence-electron chi connectivity index (χ1n) is 5.29. The fraction of sp³-hybridized carbons (Fsp3) is 0.154. The molecule has 18 heavy (non-hydrogen) atoms. The molecule has 1 aromatic carbocycles. The van der Waals surface area contributed by atoms with Crippen LogP contribution in [0.4, 0.5) is 5.69 Å². The van der Waals surface area contributed by atoms with Crippen molar-refractivity contribution in [2.24, 2.45) is 0 Å². The van der Waals surface area contributed by atoms with Gasteiger partial charge in [-0.3, -0.25) is 0 Å². The molecule has 5 heteroatoms. The van der Waals surface area contributed by atoms with Crippen molar-refractivity contribution in [3.8, 4) is 11.8 Å². The van der Waals surface area contributed by atoms with E-state index in [0.29, 0.717) is 23.1 Å². The standard InChI is InChI=1S/C13H11ClN2O2/c1-17-12-6-9(7-15)2-4-11(12)16-8-10-3-5-13(14)18-10/h2-6,16H,8H2,1H3. The van der Waals surface area contributed by atoms with Crippen molar-refractivity contribution in [3.05, 3.63) is 46.9 Å². The van der Waals surface area contributed by atoms with Gasteiger partial charge in [0.15, 0.2) is 5.22 Å². The highest BCUT2D eigenvalue weighted by atomic mass is 35.5. The van der Waals surface area contributed by atoms with E-state index in [1.807, 2.05) is 0 Å². The van der Waals surface area contributed by atoms with E-state index in [9.17, 15) is 0 Å². The zero-order valence-corrected chi connectivity index (χ0v) is 10.5. The Bertz CT molecular complexity index is 587. The molecule has 0 saturated heterocycles. The third-order valence-electron chi connectivity index (χ3n) is 2.41. The van der Waals surface area contributed by atoms with Crippen LogP contribution >= 0.6 is 11.6 Å². The SMILES string of the molecule is COc1cc(C#N)ccc1NCc1ccc(Cl)o1. The quantitative estimate of drug-likeness (QED) is 0.917. The summed E-state index contributed by atoms with van der Waals surface area (Å²) < 4.78 is 10.4. The maximum atomic E-state index is 8.80. The Hall–Kier alpha value is -2.12. The van der Waals surface area contributed by atoms with E-state index < -0.39 is 0 Å². The summed E-state index contributed by atoms with van der Waals surface area (Å²) in [6.45, 7) is 0.495. The summed E-state index contributed by atoms with van der Waals surface area (Å²) in [6.07, 6.45) is 0. The fourth-order valence-corrected chi connectivity index (χ4v) is 1.70. The highest BCUT2D eigenvalue weighted by molar-refractivity contribution is 6.28. The van der Waals surface area contributed by atoms with Gasteiger partial charge in [-0.1, -0.05) is 0 Å². The molecule has 1 heterocycles. The minimum atomic E-state index is 0.360. The summed E-state index contributed by atoms with van der Waals surface area (Å²) in [5.74, 6) is 1.35. The molecular weight excluding hydrogens is 252 g/mol. The zero-order chi connectivity index (χ0) is 13.0. The smallest absolute Gasteiger partial charge is 0.193 e. The van der Waals surface area contributed by atoms with Gasteiger partial charge in [0.2, 0.25) is 0 Å². The lowest BCUT2D eigenvalue weighted by atomic mass is 10.2. The molecule has 0 spiro atoms. The normalized spacial score (nSPS) is 9.83. The molecule has 0 radical (unpaired) electrons. The van der Waals surface area contributed by atoms with Crippen LogP contribution in [0.2, 0.25) is 5.22 Å². The van der Waals surface area contributed by atoms with Gasteiger partial charge in [-0.25, -0.2) is 0 Å². The average Bonchev–Trinajstić information content (AvgIpc) is 2.82. The lowest BCUT2D eigenvalue weighted by Gasteiger charge is -2.10. The molecule has 2 aromatic rings. The van der Waals surface area contributed by atoms with Crippen LogP contribution in [0, 0.1) is 11.3 Å². The number of nitrogens with one attached hydrogen (secondary N) is 1. The molecule has 0 saturated carbocycles. The lowest BCUT2D eigenvalue weighted by molar-refractivity contribution is 0.416. The van der Waals surface area contributed by atoms with E-state index in [-0.39, 0.29) is 0 Å². The van der Waals surface area contributed by atoms with Crippen LogP contribution in [-0.4, -0.2) is 7.11 Å². The van der Waals surface area contributed by atoms with Crippen LogP contribution < -0.4 is 10.1 Å². The molecule has 92 valence electrons. The topological polar surface area (TPSA) is 58.2 Å². The van der Waals surface area contributed by atoms with Crippen molar-refractivity contribution >= 4 is 17.3 Å². The monoisotopic (exact) mass is 262 g/mol. The Morgan fingerprint density at radius 3 is 2.83 bits per heavy atom. The number of methoxy groups -OCH3 is 1. The van der Waals surface area contributed by atoms with E-state index in [0.717, 1.165) is 11.4 Å². The van der Waals surface area contributed by atoms with Gasteiger partial charge in [0, 0.05) is 6.07 Å². The molecule has 1 N–H and O–H groups in total. The van der Waals surface area contributed by atoms with E-state index in [1.54, 1.807) is 37.4 Å². The molecule has 0 atom stereocenters. The number of rotatable bonds is 4. The summed E-state index contributed by atoms with van der Waals surface area (Å²) in [6, 6.07) is 10.7. The summed E-state index contributed by atoms with van der Waals surface area (Å²) in [4.78, 5) is 0. The third kappa shape index (κ3) is 2.76. The fourth-order valence-electron chi connectivity index (χ4n) is 1.54. The van der Waals surface area contributed by atoms with E-state index in [1.165, 1.54) is 0 Å². The Morgan fingerprint density at radius 2 is 2.22 bits per heavy atom. The number of nitrogens with zero attached hydrogens (tertiary/aromatic N) is 1. The predicted octanol–water partition coefficient (Wildman–Crippen LogP) is 3.43. The summed E-state index contributed by atoms with van der Waals surface area (Å²) in [5, 5.41) is 12.3. The van der Waals surface area contributed by atoms with Gasteiger partial charge in [-0.15, -0.1) is 0 Å². The van der Waals surface area contributed by atoms with Crippen molar-refractivity contribution in [2.75, 3.05) is 12.4 Å². The Morgan fingerprint density at radius 1 is 1.39 bits per heavy atom. The molecule has 0 aliphatic heterocycles. The molecule has 1 aromatic heterocycles. The van der Waals surface area contributed by atoms with Gasteiger partial charge in [-0.05, 0) is 35.9 Å². The number of anilines is 1. The van der Waals surface area contributed by atoms with E-state index >= 15 is 0 Å². The number of ether oxygens (including phenoxy) is 1. The molecule has 0 amide bonds. The first-order chi connectivity index (χ1) is 8.72. The minimum absolute atomic E-state index is 0.360. The minimum Gasteiger partial charge on any atom is -0.495 e. The second-order valence-electron chi connectivity index (χ2n) is 3.59. The highest BCUT2D eigenvalue weighted by Crippen LogP contribution is 2.26. The molecule has 0 aliphatic rings. The van der Waals surface area contributed by atoms with Crippen molar-refractivity contribution in [1.82, 2.24) is 0 Å². The molecule has 4 nitrogen and oxygen atoms in total. The molecule has 0 aliphatic carbocycles. The average molecular weight is 263 g/mol. The predicted molar refractivity (Wildman–Crippen MR) is 68.8 cm³/mol. The van der Waals surface area contributed by atoms with Gasteiger partial charge in [0.25, 0.3) is 0 Å². The molecule has 0 bridgehead atoms. The lowest BCUT2D eigenvalue weighted by Crippen LogP contribution is -2.00. The van der Waals surface area contributed by atoms with Crippen LogP contribution in [0.25, 0.3) is 0 Å². The number of hydrogen-bond donors (Lipinski definition) is 1. The Balaban J connectivity index is 2.12. The van der Waals surface area contributed by atoms with Crippen LogP contribution in [0.15, 0.2) is 34.7 Å². The first-order valence-corrected chi connectivity index (χ1v) is 5.67. The van der Waals surface area contributed by atoms with Gasteiger partial charge in [0.05, 0.1) is 31.0 Å². The number of hydrogen-bond acceptors (Lipinski definition) is 4. The van der Waals surface area contributed by atoms with Crippen LogP contribution in [-0.2, 0) is 6.54 Å². The zero-order valence-electron chi connectivity index (χ0n) is 9.74. The van der Waals surface area contributed by atoms with Crippen molar-refractivity contribution in [1.29, 1.82) is 5.26 Å². The third-order valence-corrected chi connectivity index (χ3v) is 2.62.